The highest BCUT2D eigenvalue weighted by molar-refractivity contribution is 14.1. The summed E-state index contributed by atoms with van der Waals surface area (Å²) in [7, 11) is 0. The van der Waals surface area contributed by atoms with Crippen LogP contribution in [0.3, 0.4) is 0 Å². The number of carbonyl (C=O) groups is 1. The minimum absolute atomic E-state index is 0.0973. The minimum atomic E-state index is -0.0973. The van der Waals surface area contributed by atoms with Gasteiger partial charge in [0.05, 0.1) is 5.75 Å². The number of anilines is 1. The summed E-state index contributed by atoms with van der Waals surface area (Å²) < 4.78 is 2.51. The number of nitrogens with zero attached hydrogens (tertiary/aromatic N) is 3. The molecule has 0 saturated carbocycles. The van der Waals surface area contributed by atoms with E-state index in [1.165, 1.54) is 16.4 Å². The topological polar surface area (TPSA) is 85.8 Å². The van der Waals surface area contributed by atoms with Crippen LogP contribution in [0.5, 0.6) is 0 Å². The predicted molar refractivity (Wildman–Crippen MR) is 88.2 cm³/mol. The van der Waals surface area contributed by atoms with Gasteiger partial charge in [0, 0.05) is 9.26 Å². The van der Waals surface area contributed by atoms with Gasteiger partial charge in [-0.1, -0.05) is 11.8 Å². The summed E-state index contributed by atoms with van der Waals surface area (Å²) in [6, 6.07) is 5.87. The lowest BCUT2D eigenvalue weighted by atomic mass is 10.2. The third kappa shape index (κ3) is 3.63. The molecule has 1 heterocycles. The Morgan fingerprint density at radius 3 is 2.80 bits per heavy atom. The first-order valence-corrected chi connectivity index (χ1v) is 7.89. The van der Waals surface area contributed by atoms with E-state index in [0.29, 0.717) is 11.0 Å². The van der Waals surface area contributed by atoms with Crippen LogP contribution in [0.1, 0.15) is 11.4 Å². The SMILES string of the molecule is Cc1cc(I)ccc1NC(=O)CSc1nnc(C)n1N. The Hall–Kier alpha value is -1.29. The Balaban J connectivity index is 1.94. The summed E-state index contributed by atoms with van der Waals surface area (Å²) in [6.45, 7) is 3.72. The van der Waals surface area contributed by atoms with Crippen LogP contribution in [-0.2, 0) is 4.79 Å². The first-order chi connectivity index (χ1) is 9.47. The number of amides is 1. The molecule has 2 aromatic rings. The molecule has 0 radical (unpaired) electrons. The number of hydrogen-bond acceptors (Lipinski definition) is 5. The molecule has 1 amide bonds. The monoisotopic (exact) mass is 403 g/mol. The van der Waals surface area contributed by atoms with Gasteiger partial charge in [0.2, 0.25) is 11.1 Å². The quantitative estimate of drug-likeness (QED) is 0.463. The summed E-state index contributed by atoms with van der Waals surface area (Å²) in [6.07, 6.45) is 0. The van der Waals surface area contributed by atoms with Crippen molar-refractivity contribution in [1.29, 1.82) is 0 Å². The van der Waals surface area contributed by atoms with Crippen molar-refractivity contribution in [3.05, 3.63) is 33.2 Å². The molecule has 0 saturated heterocycles. The van der Waals surface area contributed by atoms with Gasteiger partial charge in [0.25, 0.3) is 0 Å². The molecule has 8 heteroatoms. The summed E-state index contributed by atoms with van der Waals surface area (Å²) in [4.78, 5) is 11.9. The van der Waals surface area contributed by atoms with Gasteiger partial charge in [-0.2, -0.15) is 0 Å². The Kier molecular flexibility index (Phi) is 4.86. The number of thioether (sulfide) groups is 1. The molecule has 0 aliphatic rings. The van der Waals surface area contributed by atoms with Crippen LogP contribution in [0.25, 0.3) is 0 Å². The molecule has 0 aliphatic carbocycles. The normalized spacial score (nSPS) is 10.6. The van der Waals surface area contributed by atoms with E-state index in [2.05, 4.69) is 38.1 Å². The number of hydrogen-bond donors (Lipinski definition) is 2. The van der Waals surface area contributed by atoms with E-state index < -0.39 is 0 Å². The van der Waals surface area contributed by atoms with Gasteiger partial charge in [-0.15, -0.1) is 10.2 Å². The second-order valence-corrected chi connectivity index (χ2v) is 6.38. The first kappa shape index (κ1) is 15.1. The highest BCUT2D eigenvalue weighted by atomic mass is 127. The third-order valence-electron chi connectivity index (χ3n) is 2.63. The Morgan fingerprint density at radius 2 is 2.20 bits per heavy atom. The maximum atomic E-state index is 11.9. The number of aromatic nitrogens is 3. The van der Waals surface area contributed by atoms with E-state index in [9.17, 15) is 4.79 Å². The fourth-order valence-electron chi connectivity index (χ4n) is 1.53. The van der Waals surface area contributed by atoms with Crippen molar-refractivity contribution >= 4 is 45.9 Å². The molecule has 6 nitrogen and oxygen atoms in total. The molecular weight excluding hydrogens is 389 g/mol. The Labute approximate surface area is 134 Å². The Bertz CT molecular complexity index is 643. The zero-order valence-corrected chi connectivity index (χ0v) is 14.0. The van der Waals surface area contributed by atoms with Gasteiger partial charge in [-0.05, 0) is 60.2 Å². The molecule has 0 atom stereocenters. The van der Waals surface area contributed by atoms with E-state index in [4.69, 9.17) is 5.84 Å². The number of nitrogens with two attached hydrogens (primary N) is 1. The molecule has 2 rings (SSSR count). The number of carbonyl (C=O) groups excluding carboxylic acids is 1. The third-order valence-corrected chi connectivity index (χ3v) is 4.24. The Morgan fingerprint density at radius 1 is 1.45 bits per heavy atom. The molecule has 0 fully saturated rings. The van der Waals surface area contributed by atoms with E-state index in [0.717, 1.165) is 14.8 Å². The molecule has 0 aliphatic heterocycles. The zero-order valence-electron chi connectivity index (χ0n) is 11.1. The first-order valence-electron chi connectivity index (χ1n) is 5.83. The lowest BCUT2D eigenvalue weighted by molar-refractivity contribution is -0.113. The average Bonchev–Trinajstić information content (AvgIpc) is 2.71. The van der Waals surface area contributed by atoms with Crippen LogP contribution < -0.4 is 11.2 Å². The smallest absolute Gasteiger partial charge is 0.234 e. The molecule has 0 bridgehead atoms. The van der Waals surface area contributed by atoms with Crippen LogP contribution in [0.4, 0.5) is 5.69 Å². The fourth-order valence-corrected chi connectivity index (χ4v) is 2.88. The second-order valence-electron chi connectivity index (χ2n) is 4.20. The molecule has 20 heavy (non-hydrogen) atoms. The summed E-state index contributed by atoms with van der Waals surface area (Å²) in [5.74, 6) is 6.47. The lowest BCUT2D eigenvalue weighted by Crippen LogP contribution is -2.17. The standard InChI is InChI=1S/C12H14IN5OS/c1-7-5-9(13)3-4-10(7)15-11(19)6-20-12-17-16-8(2)18(12)14/h3-5H,6,14H2,1-2H3,(H,15,19). The van der Waals surface area contributed by atoms with Crippen molar-refractivity contribution < 1.29 is 4.79 Å². The molecule has 3 N–H and O–H groups in total. The number of aryl methyl sites for hydroxylation is 2. The van der Waals surface area contributed by atoms with Crippen molar-refractivity contribution in [3.8, 4) is 0 Å². The van der Waals surface area contributed by atoms with E-state index in [1.807, 2.05) is 25.1 Å². The molecule has 0 unspecified atom stereocenters. The number of benzene rings is 1. The summed E-state index contributed by atoms with van der Waals surface area (Å²) in [5, 5.41) is 11.1. The van der Waals surface area contributed by atoms with Gasteiger partial charge in [-0.25, -0.2) is 4.68 Å². The van der Waals surface area contributed by atoms with Crippen LogP contribution in [0.2, 0.25) is 0 Å². The lowest BCUT2D eigenvalue weighted by Gasteiger charge is -2.08. The molecule has 0 spiro atoms. The van der Waals surface area contributed by atoms with E-state index in [1.54, 1.807) is 6.92 Å². The van der Waals surface area contributed by atoms with Crippen LogP contribution in [-0.4, -0.2) is 26.5 Å². The largest absolute Gasteiger partial charge is 0.336 e. The van der Waals surface area contributed by atoms with Crippen molar-refractivity contribution in [2.75, 3.05) is 16.9 Å². The van der Waals surface area contributed by atoms with Crippen LogP contribution in [0.15, 0.2) is 23.4 Å². The highest BCUT2D eigenvalue weighted by Crippen LogP contribution is 2.19. The number of nitrogens with one attached hydrogen (secondary N) is 1. The van der Waals surface area contributed by atoms with Gasteiger partial charge < -0.3 is 11.2 Å². The van der Waals surface area contributed by atoms with Gasteiger partial charge in [-0.3, -0.25) is 4.79 Å². The van der Waals surface area contributed by atoms with Crippen molar-refractivity contribution in [1.82, 2.24) is 14.9 Å². The van der Waals surface area contributed by atoms with E-state index >= 15 is 0 Å². The second kappa shape index (κ2) is 6.44. The number of rotatable bonds is 4. The van der Waals surface area contributed by atoms with E-state index in [-0.39, 0.29) is 11.7 Å². The molecule has 1 aromatic heterocycles. The molecule has 106 valence electrons. The van der Waals surface area contributed by atoms with Crippen LogP contribution >= 0.6 is 34.4 Å². The van der Waals surface area contributed by atoms with Gasteiger partial charge in [0.1, 0.15) is 5.82 Å². The summed E-state index contributed by atoms with van der Waals surface area (Å²) >= 11 is 3.49. The highest BCUT2D eigenvalue weighted by Gasteiger charge is 2.10. The zero-order chi connectivity index (χ0) is 14.7. The maximum absolute atomic E-state index is 11.9. The van der Waals surface area contributed by atoms with Crippen molar-refractivity contribution in [2.24, 2.45) is 0 Å². The molecular formula is C12H14IN5OS. The van der Waals surface area contributed by atoms with Crippen molar-refractivity contribution in [3.63, 3.8) is 0 Å². The predicted octanol–water partition coefficient (Wildman–Crippen LogP) is 1.94. The average molecular weight is 403 g/mol. The number of nitrogen functional groups attached to an aromatic ring is 1. The van der Waals surface area contributed by atoms with Gasteiger partial charge in [0.15, 0.2) is 0 Å². The van der Waals surface area contributed by atoms with Crippen LogP contribution in [0, 0.1) is 17.4 Å². The summed E-state index contributed by atoms with van der Waals surface area (Å²) in [5.41, 5.74) is 1.86. The molecule has 1 aromatic carbocycles. The minimum Gasteiger partial charge on any atom is -0.336 e. The fraction of sp³-hybridized carbons (Fsp3) is 0.250. The van der Waals surface area contributed by atoms with Crippen molar-refractivity contribution in [2.45, 2.75) is 19.0 Å². The number of halogens is 1. The maximum Gasteiger partial charge on any atom is 0.234 e. The van der Waals surface area contributed by atoms with Gasteiger partial charge >= 0.3 is 0 Å².